The van der Waals surface area contributed by atoms with Crippen LogP contribution in [-0.4, -0.2) is 23.4 Å². The third kappa shape index (κ3) is 4.16. The molecule has 0 aliphatic heterocycles. The molecule has 0 spiro atoms. The number of carbonyl (C=O) groups is 1. The normalized spacial score (nSPS) is 13.4. The molecule has 8 heteroatoms. The minimum Gasteiger partial charge on any atom is -0.424 e. The molecule has 1 aromatic rings. The van der Waals surface area contributed by atoms with E-state index in [9.17, 15) is 31.9 Å². The van der Waals surface area contributed by atoms with Crippen LogP contribution in [0.3, 0.4) is 0 Å². The first-order valence-corrected chi connectivity index (χ1v) is 5.45. The molecule has 0 radical (unpaired) electrons. The van der Waals surface area contributed by atoms with Crippen LogP contribution in [0.4, 0.5) is 22.0 Å². The van der Waals surface area contributed by atoms with Gasteiger partial charge < -0.3 is 9.84 Å². The second kappa shape index (κ2) is 6.17. The molecule has 0 bridgehead atoms. The predicted octanol–water partition coefficient (Wildman–Crippen LogP) is 3.07. The summed E-state index contributed by atoms with van der Waals surface area (Å²) in [6.07, 6.45) is -7.45. The quantitative estimate of drug-likeness (QED) is 0.516. The summed E-state index contributed by atoms with van der Waals surface area (Å²) in [5.41, 5.74) is -0.321. The van der Waals surface area contributed by atoms with E-state index in [1.165, 1.54) is 0 Å². The molecule has 1 atom stereocenters. The smallest absolute Gasteiger partial charge is 0.310 e. The Hall–Kier alpha value is -1.70. The summed E-state index contributed by atoms with van der Waals surface area (Å²) in [5, 5.41) is 9.41. The highest BCUT2D eigenvalue weighted by molar-refractivity contribution is 5.69. The Morgan fingerprint density at radius 3 is 2.45 bits per heavy atom. The lowest BCUT2D eigenvalue weighted by atomic mass is 10.0. The van der Waals surface area contributed by atoms with E-state index in [4.69, 9.17) is 0 Å². The Bertz CT molecular complexity index is 490. The van der Waals surface area contributed by atoms with Crippen molar-refractivity contribution >= 4 is 5.97 Å². The molecule has 0 aromatic heterocycles. The molecule has 1 unspecified atom stereocenters. The number of aliphatic hydroxyl groups is 1. The van der Waals surface area contributed by atoms with Crippen LogP contribution in [0.2, 0.25) is 0 Å². The van der Waals surface area contributed by atoms with Gasteiger partial charge in [0.25, 0.3) is 0 Å². The molecule has 0 amide bonds. The molecule has 0 saturated carbocycles. The molecule has 3 nitrogen and oxygen atoms in total. The number of ether oxygens (including phenoxy) is 1. The van der Waals surface area contributed by atoms with Gasteiger partial charge in [-0.15, -0.1) is 0 Å². The van der Waals surface area contributed by atoms with Crippen molar-refractivity contribution in [1.82, 2.24) is 0 Å². The maximum Gasteiger partial charge on any atom is 0.310 e. The summed E-state index contributed by atoms with van der Waals surface area (Å²) in [4.78, 5) is 10.6. The zero-order valence-corrected chi connectivity index (χ0v) is 10.2. The van der Waals surface area contributed by atoms with Crippen molar-refractivity contribution in [2.75, 3.05) is 0 Å². The van der Waals surface area contributed by atoms with E-state index in [0.717, 1.165) is 19.1 Å². The van der Waals surface area contributed by atoms with Crippen LogP contribution in [-0.2, 0) is 4.79 Å². The molecule has 0 fully saturated rings. The molecular weight excluding hydrogens is 287 g/mol. The summed E-state index contributed by atoms with van der Waals surface area (Å²) in [5.74, 6) is -6.70. The van der Waals surface area contributed by atoms with Crippen LogP contribution in [0.25, 0.3) is 0 Å². The first-order chi connectivity index (χ1) is 9.13. The number of rotatable bonds is 5. The fourth-order valence-electron chi connectivity index (χ4n) is 1.43. The first kappa shape index (κ1) is 16.4. The van der Waals surface area contributed by atoms with Gasteiger partial charge in [0.05, 0.1) is 6.10 Å². The highest BCUT2D eigenvalue weighted by Gasteiger charge is 2.42. The number of hydrogen-bond donors (Lipinski definition) is 1. The van der Waals surface area contributed by atoms with E-state index in [1.807, 2.05) is 0 Å². The standard InChI is InChI=1S/C12H11F5O3/c1-6(18)20-10-3-2-7(4-8(10)13)9(19)5-12(16,17)11(14)15/h2-4,9,11,19H,5H2,1H3. The fraction of sp³-hybridized carbons (Fsp3) is 0.417. The van der Waals surface area contributed by atoms with Crippen LogP contribution in [0.5, 0.6) is 5.75 Å². The number of halogens is 5. The summed E-state index contributed by atoms with van der Waals surface area (Å²) in [7, 11) is 0. The Morgan fingerprint density at radius 1 is 1.40 bits per heavy atom. The van der Waals surface area contributed by atoms with Gasteiger partial charge in [-0.25, -0.2) is 22.0 Å². The third-order valence-corrected chi connectivity index (χ3v) is 2.38. The largest absolute Gasteiger partial charge is 0.424 e. The van der Waals surface area contributed by atoms with E-state index in [0.29, 0.717) is 6.07 Å². The second-order valence-electron chi connectivity index (χ2n) is 4.07. The van der Waals surface area contributed by atoms with Crippen LogP contribution >= 0.6 is 0 Å². The molecule has 1 aromatic carbocycles. The molecule has 20 heavy (non-hydrogen) atoms. The SMILES string of the molecule is CC(=O)Oc1ccc(C(O)CC(F)(F)C(F)F)cc1F. The summed E-state index contributed by atoms with van der Waals surface area (Å²) in [6, 6.07) is 2.59. The van der Waals surface area contributed by atoms with Gasteiger partial charge in [-0.05, 0) is 17.7 Å². The maximum absolute atomic E-state index is 13.4. The lowest BCUT2D eigenvalue weighted by Gasteiger charge is -2.19. The van der Waals surface area contributed by atoms with Crippen molar-refractivity contribution in [1.29, 1.82) is 0 Å². The Kier molecular flexibility index (Phi) is 5.04. The molecule has 0 aliphatic carbocycles. The van der Waals surface area contributed by atoms with Crippen molar-refractivity contribution in [3.8, 4) is 5.75 Å². The predicted molar refractivity (Wildman–Crippen MR) is 58.2 cm³/mol. The molecular formula is C12H11F5O3. The summed E-state index contributed by atoms with van der Waals surface area (Å²) in [6.45, 7) is 1.03. The van der Waals surface area contributed by atoms with Gasteiger partial charge in [0.1, 0.15) is 0 Å². The molecule has 0 heterocycles. The number of aliphatic hydroxyl groups excluding tert-OH is 1. The second-order valence-corrected chi connectivity index (χ2v) is 4.07. The minimum atomic E-state index is -4.38. The van der Waals surface area contributed by atoms with Crippen LogP contribution in [0, 0.1) is 5.82 Å². The van der Waals surface area contributed by atoms with Crippen molar-refractivity contribution < 1.29 is 36.6 Å². The maximum atomic E-state index is 13.4. The van der Waals surface area contributed by atoms with Crippen LogP contribution in [0.15, 0.2) is 18.2 Å². The van der Waals surface area contributed by atoms with E-state index in [-0.39, 0.29) is 5.56 Å². The number of esters is 1. The fourth-order valence-corrected chi connectivity index (χ4v) is 1.43. The molecule has 0 saturated heterocycles. The van der Waals surface area contributed by atoms with Crippen molar-refractivity contribution in [3.63, 3.8) is 0 Å². The lowest BCUT2D eigenvalue weighted by molar-refractivity contribution is -0.149. The van der Waals surface area contributed by atoms with Gasteiger partial charge in [0.15, 0.2) is 11.6 Å². The number of hydrogen-bond acceptors (Lipinski definition) is 3. The minimum absolute atomic E-state index is 0.321. The highest BCUT2D eigenvalue weighted by Crippen LogP contribution is 2.34. The van der Waals surface area contributed by atoms with E-state index < -0.39 is 42.4 Å². The van der Waals surface area contributed by atoms with Crippen molar-refractivity contribution in [2.45, 2.75) is 31.8 Å². The van der Waals surface area contributed by atoms with Gasteiger partial charge in [0, 0.05) is 13.3 Å². The topological polar surface area (TPSA) is 46.5 Å². The van der Waals surface area contributed by atoms with Gasteiger partial charge >= 0.3 is 18.3 Å². The van der Waals surface area contributed by atoms with Crippen LogP contribution < -0.4 is 4.74 Å². The highest BCUT2D eigenvalue weighted by atomic mass is 19.3. The Labute approximate surface area is 111 Å². The van der Waals surface area contributed by atoms with E-state index >= 15 is 0 Å². The zero-order chi connectivity index (χ0) is 15.5. The summed E-state index contributed by atoms with van der Waals surface area (Å²) < 4.78 is 67.4. The zero-order valence-electron chi connectivity index (χ0n) is 10.2. The lowest BCUT2D eigenvalue weighted by Crippen LogP contribution is -2.28. The monoisotopic (exact) mass is 298 g/mol. The molecule has 0 aliphatic rings. The number of benzene rings is 1. The van der Waals surface area contributed by atoms with Gasteiger partial charge in [-0.3, -0.25) is 4.79 Å². The van der Waals surface area contributed by atoms with Crippen molar-refractivity contribution in [3.05, 3.63) is 29.6 Å². The molecule has 1 N–H and O–H groups in total. The summed E-state index contributed by atoms with van der Waals surface area (Å²) >= 11 is 0. The van der Waals surface area contributed by atoms with E-state index in [1.54, 1.807) is 0 Å². The first-order valence-electron chi connectivity index (χ1n) is 5.45. The van der Waals surface area contributed by atoms with Gasteiger partial charge in [0.2, 0.25) is 0 Å². The third-order valence-electron chi connectivity index (χ3n) is 2.38. The molecule has 1 rings (SSSR count). The van der Waals surface area contributed by atoms with E-state index in [2.05, 4.69) is 4.74 Å². The average molecular weight is 298 g/mol. The van der Waals surface area contributed by atoms with Crippen LogP contribution in [0.1, 0.15) is 25.0 Å². The molecule has 112 valence electrons. The van der Waals surface area contributed by atoms with Gasteiger partial charge in [-0.1, -0.05) is 6.07 Å². The number of carbonyl (C=O) groups excluding carboxylic acids is 1. The Balaban J connectivity index is 2.87. The average Bonchev–Trinajstić information content (AvgIpc) is 2.30. The Morgan fingerprint density at radius 2 is 2.00 bits per heavy atom. The number of alkyl halides is 4. The van der Waals surface area contributed by atoms with Crippen molar-refractivity contribution in [2.24, 2.45) is 0 Å². The van der Waals surface area contributed by atoms with Gasteiger partial charge in [-0.2, -0.15) is 0 Å².